The molecule has 0 saturated carbocycles. The second-order valence-corrected chi connectivity index (χ2v) is 5.49. The Balaban J connectivity index is 2.04. The van der Waals surface area contributed by atoms with Gasteiger partial charge in [-0.1, -0.05) is 26.0 Å². The van der Waals surface area contributed by atoms with Crippen LogP contribution in [0.1, 0.15) is 25.5 Å². The first-order chi connectivity index (χ1) is 10.2. The van der Waals surface area contributed by atoms with Gasteiger partial charge in [-0.05, 0) is 19.2 Å². The number of likely N-dealkylation sites (N-methyl/N-ethyl adjacent to an activating group) is 2. The Bertz CT molecular complexity index is 445. The predicted octanol–water partition coefficient (Wildman–Crippen LogP) is 2.25. The molecule has 1 fully saturated rings. The van der Waals surface area contributed by atoms with Crippen LogP contribution in [0.3, 0.4) is 0 Å². The topological polar surface area (TPSA) is 18.5 Å². The van der Waals surface area contributed by atoms with Crippen molar-refractivity contribution >= 4 is 0 Å². The number of hydrogen-bond donors (Lipinski definition) is 1. The largest absolute Gasteiger partial charge is 0.309 e. The Hall–Kier alpha value is -1.04. The Kier molecular flexibility index (Phi) is 6.08. The molecule has 0 aliphatic carbocycles. The molecule has 1 saturated heterocycles. The molecule has 1 aromatic carbocycles. The van der Waals surface area contributed by atoms with Crippen molar-refractivity contribution in [1.82, 2.24) is 15.1 Å². The highest BCUT2D eigenvalue weighted by Gasteiger charge is 2.22. The second kappa shape index (κ2) is 7.82. The van der Waals surface area contributed by atoms with E-state index in [-0.39, 0.29) is 6.04 Å². The lowest BCUT2D eigenvalue weighted by Crippen LogP contribution is -2.48. The van der Waals surface area contributed by atoms with Gasteiger partial charge in [0.25, 0.3) is 0 Å². The van der Waals surface area contributed by atoms with E-state index in [1.165, 1.54) is 6.07 Å². The van der Waals surface area contributed by atoms with E-state index in [4.69, 9.17) is 0 Å². The molecule has 0 bridgehead atoms. The highest BCUT2D eigenvalue weighted by molar-refractivity contribution is 5.23. The lowest BCUT2D eigenvalue weighted by Gasteiger charge is -2.36. The van der Waals surface area contributed by atoms with Crippen LogP contribution in [0.25, 0.3) is 0 Å². The summed E-state index contributed by atoms with van der Waals surface area (Å²) < 4.78 is 27.4. The zero-order valence-electron chi connectivity index (χ0n) is 12.9. The molecule has 1 heterocycles. The average molecular weight is 297 g/mol. The third kappa shape index (κ3) is 4.22. The zero-order chi connectivity index (χ0) is 15.2. The number of benzene rings is 1. The number of rotatable bonds is 6. The molecule has 1 atom stereocenters. The minimum absolute atomic E-state index is 0.168. The first-order valence-corrected chi connectivity index (χ1v) is 7.77. The number of halogens is 2. The molecule has 0 aromatic heterocycles. The molecule has 5 heteroatoms. The van der Waals surface area contributed by atoms with Crippen molar-refractivity contribution in [2.45, 2.75) is 19.9 Å². The minimum Gasteiger partial charge on any atom is -0.309 e. The normalized spacial score (nSPS) is 18.9. The van der Waals surface area contributed by atoms with Crippen LogP contribution in [0.4, 0.5) is 8.78 Å². The van der Waals surface area contributed by atoms with Crippen molar-refractivity contribution < 1.29 is 8.78 Å². The van der Waals surface area contributed by atoms with E-state index >= 15 is 0 Å². The molecule has 1 aliphatic rings. The predicted molar refractivity (Wildman–Crippen MR) is 81.3 cm³/mol. The maximum Gasteiger partial charge on any atom is 0.163 e. The Morgan fingerprint density at radius 2 is 1.76 bits per heavy atom. The maximum absolute atomic E-state index is 14.0. The summed E-state index contributed by atoms with van der Waals surface area (Å²) in [5.41, 5.74) is 0.426. The summed E-state index contributed by atoms with van der Waals surface area (Å²) in [7, 11) is 0. The summed E-state index contributed by atoms with van der Waals surface area (Å²) in [5, 5.41) is 3.28. The molecule has 0 amide bonds. The van der Waals surface area contributed by atoms with Crippen LogP contribution < -0.4 is 5.32 Å². The molecule has 1 unspecified atom stereocenters. The van der Waals surface area contributed by atoms with E-state index < -0.39 is 11.6 Å². The number of piperazine rings is 1. The van der Waals surface area contributed by atoms with Gasteiger partial charge in [0.05, 0.1) is 0 Å². The molecular weight excluding hydrogens is 272 g/mol. The number of nitrogens with one attached hydrogen (secondary N) is 1. The van der Waals surface area contributed by atoms with Gasteiger partial charge in [0.2, 0.25) is 0 Å². The van der Waals surface area contributed by atoms with Crippen LogP contribution in [-0.4, -0.2) is 55.6 Å². The highest BCUT2D eigenvalue weighted by Crippen LogP contribution is 2.21. The maximum atomic E-state index is 14.0. The molecule has 118 valence electrons. The quantitative estimate of drug-likeness (QED) is 0.869. The van der Waals surface area contributed by atoms with Gasteiger partial charge in [0.15, 0.2) is 11.6 Å². The first kappa shape index (κ1) is 16.3. The van der Waals surface area contributed by atoms with E-state index in [9.17, 15) is 8.78 Å². The first-order valence-electron chi connectivity index (χ1n) is 7.77. The van der Waals surface area contributed by atoms with Crippen molar-refractivity contribution in [2.24, 2.45) is 0 Å². The van der Waals surface area contributed by atoms with Gasteiger partial charge in [-0.15, -0.1) is 0 Å². The van der Waals surface area contributed by atoms with Crippen molar-refractivity contribution in [1.29, 1.82) is 0 Å². The van der Waals surface area contributed by atoms with Crippen molar-refractivity contribution in [3.63, 3.8) is 0 Å². The molecule has 1 N–H and O–H groups in total. The fraction of sp³-hybridized carbons (Fsp3) is 0.625. The summed E-state index contributed by atoms with van der Waals surface area (Å²) in [6.45, 7) is 10.7. The average Bonchev–Trinajstić information content (AvgIpc) is 2.50. The summed E-state index contributed by atoms with van der Waals surface area (Å²) in [6.07, 6.45) is 0. The minimum atomic E-state index is -0.772. The fourth-order valence-corrected chi connectivity index (χ4v) is 2.86. The van der Waals surface area contributed by atoms with Gasteiger partial charge < -0.3 is 10.2 Å². The third-order valence-corrected chi connectivity index (χ3v) is 4.16. The second-order valence-electron chi connectivity index (χ2n) is 5.49. The zero-order valence-corrected chi connectivity index (χ0v) is 12.9. The monoisotopic (exact) mass is 297 g/mol. The lowest BCUT2D eigenvalue weighted by molar-refractivity contribution is 0.127. The van der Waals surface area contributed by atoms with Crippen molar-refractivity contribution in [3.8, 4) is 0 Å². The summed E-state index contributed by atoms with van der Waals surface area (Å²) >= 11 is 0. The molecule has 0 spiro atoms. The van der Waals surface area contributed by atoms with Crippen LogP contribution in [0.2, 0.25) is 0 Å². The highest BCUT2D eigenvalue weighted by atomic mass is 19.2. The van der Waals surface area contributed by atoms with Crippen molar-refractivity contribution in [3.05, 3.63) is 35.4 Å². The Morgan fingerprint density at radius 3 is 2.38 bits per heavy atom. The molecule has 21 heavy (non-hydrogen) atoms. The van der Waals surface area contributed by atoms with E-state index in [2.05, 4.69) is 22.0 Å². The molecule has 1 aliphatic heterocycles. The van der Waals surface area contributed by atoms with Gasteiger partial charge in [-0.25, -0.2) is 8.78 Å². The SMILES string of the molecule is CCNC(CN1CCN(CC)CC1)c1cccc(F)c1F. The summed E-state index contributed by atoms with van der Waals surface area (Å²) in [4.78, 5) is 4.73. The fourth-order valence-electron chi connectivity index (χ4n) is 2.86. The van der Waals surface area contributed by atoms with Crippen LogP contribution in [0, 0.1) is 11.6 Å². The van der Waals surface area contributed by atoms with Crippen LogP contribution in [-0.2, 0) is 0 Å². The molecule has 0 radical (unpaired) electrons. The Labute approximate surface area is 125 Å². The molecule has 3 nitrogen and oxygen atoms in total. The molecule has 1 aromatic rings. The van der Waals surface area contributed by atoms with E-state index in [1.807, 2.05) is 6.92 Å². The van der Waals surface area contributed by atoms with Gasteiger partial charge in [0, 0.05) is 44.3 Å². The summed E-state index contributed by atoms with van der Waals surface area (Å²) in [5.74, 6) is -1.50. The van der Waals surface area contributed by atoms with Crippen LogP contribution in [0.15, 0.2) is 18.2 Å². The van der Waals surface area contributed by atoms with Crippen molar-refractivity contribution in [2.75, 3.05) is 45.8 Å². The standard InChI is InChI=1S/C16H25F2N3/c1-3-19-15(13-6-5-7-14(17)16(13)18)12-21-10-8-20(4-2)9-11-21/h5-7,15,19H,3-4,8-12H2,1-2H3. The molecular formula is C16H25F2N3. The van der Waals surface area contributed by atoms with E-state index in [1.54, 1.807) is 12.1 Å². The Morgan fingerprint density at radius 1 is 1.10 bits per heavy atom. The van der Waals surface area contributed by atoms with E-state index in [0.717, 1.165) is 39.3 Å². The van der Waals surface area contributed by atoms with Crippen LogP contribution >= 0.6 is 0 Å². The van der Waals surface area contributed by atoms with E-state index in [0.29, 0.717) is 12.1 Å². The van der Waals surface area contributed by atoms with Gasteiger partial charge in [-0.2, -0.15) is 0 Å². The number of nitrogens with zero attached hydrogens (tertiary/aromatic N) is 2. The van der Waals surface area contributed by atoms with Gasteiger partial charge in [0.1, 0.15) is 0 Å². The van der Waals surface area contributed by atoms with Gasteiger partial charge in [-0.3, -0.25) is 4.90 Å². The molecule has 2 rings (SSSR count). The third-order valence-electron chi connectivity index (χ3n) is 4.16. The number of hydrogen-bond acceptors (Lipinski definition) is 3. The van der Waals surface area contributed by atoms with Gasteiger partial charge >= 0.3 is 0 Å². The smallest absolute Gasteiger partial charge is 0.163 e. The summed E-state index contributed by atoms with van der Waals surface area (Å²) in [6, 6.07) is 4.25. The van der Waals surface area contributed by atoms with Crippen LogP contribution in [0.5, 0.6) is 0 Å². The lowest BCUT2D eigenvalue weighted by atomic mass is 10.0.